The first-order valence-corrected chi connectivity index (χ1v) is 9.05. The van der Waals surface area contributed by atoms with Crippen LogP contribution in [-0.4, -0.2) is 29.8 Å². The fourth-order valence-corrected chi connectivity index (χ4v) is 3.10. The lowest BCUT2D eigenvalue weighted by Gasteiger charge is -2.13. The molecule has 7 nitrogen and oxygen atoms in total. The first-order valence-electron chi connectivity index (χ1n) is 9.05. The molecule has 0 aliphatic carbocycles. The van der Waals surface area contributed by atoms with Crippen LogP contribution in [0.15, 0.2) is 48.7 Å². The van der Waals surface area contributed by atoms with E-state index >= 15 is 0 Å². The van der Waals surface area contributed by atoms with Crippen LogP contribution < -0.4 is 14.8 Å². The minimum atomic E-state index is -0.902. The summed E-state index contributed by atoms with van der Waals surface area (Å²) in [7, 11) is 0. The van der Waals surface area contributed by atoms with Crippen molar-refractivity contribution in [1.82, 2.24) is 4.98 Å². The Hall–Kier alpha value is -3.48. The molecule has 0 saturated carbocycles. The number of anilines is 1. The number of hydrogen-bond donors (Lipinski definition) is 2. The molecule has 2 N–H and O–H groups in total. The van der Waals surface area contributed by atoms with Crippen molar-refractivity contribution in [2.75, 3.05) is 12.1 Å². The van der Waals surface area contributed by atoms with Crippen LogP contribution in [0.5, 0.6) is 11.5 Å². The van der Waals surface area contributed by atoms with E-state index < -0.39 is 18.0 Å². The van der Waals surface area contributed by atoms with Crippen LogP contribution in [0.1, 0.15) is 18.9 Å². The number of esters is 1. The smallest absolute Gasteiger partial charge is 0.306 e. The Kier molecular flexibility index (Phi) is 4.89. The number of H-pyrrole nitrogens is 1. The lowest BCUT2D eigenvalue weighted by Crippen LogP contribution is -2.30. The Morgan fingerprint density at radius 3 is 2.89 bits per heavy atom. The maximum Gasteiger partial charge on any atom is 0.306 e. The molecule has 7 heteroatoms. The van der Waals surface area contributed by atoms with Gasteiger partial charge in [-0.1, -0.05) is 18.2 Å². The number of nitrogens with one attached hydrogen (secondary N) is 2. The van der Waals surface area contributed by atoms with Crippen molar-refractivity contribution in [2.24, 2.45) is 0 Å². The highest BCUT2D eigenvalue weighted by molar-refractivity contribution is 5.95. The second-order valence-corrected chi connectivity index (χ2v) is 6.55. The van der Waals surface area contributed by atoms with Gasteiger partial charge in [0.05, 0.1) is 0 Å². The van der Waals surface area contributed by atoms with E-state index in [1.807, 2.05) is 30.5 Å². The monoisotopic (exact) mass is 380 g/mol. The van der Waals surface area contributed by atoms with Crippen molar-refractivity contribution in [2.45, 2.75) is 25.9 Å². The van der Waals surface area contributed by atoms with E-state index in [1.54, 1.807) is 25.1 Å². The normalized spacial score (nSPS) is 13.3. The van der Waals surface area contributed by atoms with Gasteiger partial charge < -0.3 is 24.5 Å². The van der Waals surface area contributed by atoms with E-state index in [0.717, 1.165) is 16.5 Å². The Balaban J connectivity index is 1.29. The van der Waals surface area contributed by atoms with Crippen LogP contribution in [0.2, 0.25) is 0 Å². The zero-order valence-electron chi connectivity index (χ0n) is 15.4. The van der Waals surface area contributed by atoms with Crippen LogP contribution in [0, 0.1) is 0 Å². The topological polar surface area (TPSA) is 89.7 Å². The minimum Gasteiger partial charge on any atom is -0.454 e. The number of fused-ring (bicyclic) bond motifs is 2. The van der Waals surface area contributed by atoms with Gasteiger partial charge in [-0.05, 0) is 37.1 Å². The van der Waals surface area contributed by atoms with E-state index in [4.69, 9.17) is 14.2 Å². The number of benzene rings is 2. The summed E-state index contributed by atoms with van der Waals surface area (Å²) in [4.78, 5) is 27.6. The Morgan fingerprint density at radius 2 is 2.00 bits per heavy atom. The fraction of sp³-hybridized carbons (Fsp3) is 0.238. The first-order chi connectivity index (χ1) is 13.6. The molecule has 28 heavy (non-hydrogen) atoms. The van der Waals surface area contributed by atoms with Crippen LogP contribution in [0.25, 0.3) is 10.9 Å². The molecule has 4 rings (SSSR count). The lowest BCUT2D eigenvalue weighted by atomic mass is 10.1. The Labute approximate surface area is 161 Å². The second-order valence-electron chi connectivity index (χ2n) is 6.55. The highest BCUT2D eigenvalue weighted by atomic mass is 16.7. The van der Waals surface area contributed by atoms with E-state index in [9.17, 15) is 9.59 Å². The van der Waals surface area contributed by atoms with Gasteiger partial charge in [-0.3, -0.25) is 9.59 Å². The summed E-state index contributed by atoms with van der Waals surface area (Å²) in [5.41, 5.74) is 2.63. The van der Waals surface area contributed by atoms with Crippen molar-refractivity contribution in [3.63, 3.8) is 0 Å². The van der Waals surface area contributed by atoms with E-state index in [2.05, 4.69) is 10.3 Å². The average molecular weight is 380 g/mol. The molecule has 1 aliphatic rings. The van der Waals surface area contributed by atoms with Crippen molar-refractivity contribution >= 4 is 28.5 Å². The van der Waals surface area contributed by atoms with Gasteiger partial charge in [-0.25, -0.2) is 0 Å². The molecule has 3 aromatic rings. The van der Waals surface area contributed by atoms with Crippen molar-refractivity contribution in [3.8, 4) is 11.5 Å². The number of aromatic amines is 1. The van der Waals surface area contributed by atoms with Gasteiger partial charge in [0.2, 0.25) is 6.79 Å². The van der Waals surface area contributed by atoms with Crippen molar-refractivity contribution < 1.29 is 23.8 Å². The summed E-state index contributed by atoms with van der Waals surface area (Å²) >= 11 is 0. The quantitative estimate of drug-likeness (QED) is 0.640. The van der Waals surface area contributed by atoms with Gasteiger partial charge in [-0.15, -0.1) is 0 Å². The summed E-state index contributed by atoms with van der Waals surface area (Å²) in [5.74, 6) is 0.383. The summed E-state index contributed by atoms with van der Waals surface area (Å²) in [6.45, 7) is 1.71. The fourth-order valence-electron chi connectivity index (χ4n) is 3.10. The predicted octanol–water partition coefficient (Wildman–Crippen LogP) is 3.40. The zero-order valence-corrected chi connectivity index (χ0v) is 15.4. The number of amides is 1. The molecular weight excluding hydrogens is 360 g/mol. The van der Waals surface area contributed by atoms with Crippen molar-refractivity contribution in [1.29, 1.82) is 0 Å². The first kappa shape index (κ1) is 17.9. The minimum absolute atomic E-state index is 0.164. The van der Waals surface area contributed by atoms with Crippen LogP contribution in [0.4, 0.5) is 5.69 Å². The van der Waals surface area contributed by atoms with E-state index in [0.29, 0.717) is 23.6 Å². The molecule has 0 spiro atoms. The highest BCUT2D eigenvalue weighted by Crippen LogP contribution is 2.34. The summed E-state index contributed by atoms with van der Waals surface area (Å²) in [6, 6.07) is 13.0. The van der Waals surface area contributed by atoms with E-state index in [-0.39, 0.29) is 13.2 Å². The second kappa shape index (κ2) is 7.64. The van der Waals surface area contributed by atoms with Gasteiger partial charge in [-0.2, -0.15) is 0 Å². The number of carbonyl (C=O) groups is 2. The van der Waals surface area contributed by atoms with Crippen LogP contribution in [0.3, 0.4) is 0 Å². The predicted molar refractivity (Wildman–Crippen MR) is 103 cm³/mol. The lowest BCUT2D eigenvalue weighted by molar-refractivity contribution is -0.153. The Morgan fingerprint density at radius 1 is 1.18 bits per heavy atom. The maximum absolute atomic E-state index is 12.3. The molecule has 0 unspecified atom stereocenters. The Bertz CT molecular complexity index is 1030. The summed E-state index contributed by atoms with van der Waals surface area (Å²) in [5, 5.41) is 3.80. The summed E-state index contributed by atoms with van der Waals surface area (Å²) < 4.78 is 15.8. The third kappa shape index (κ3) is 3.78. The summed E-state index contributed by atoms with van der Waals surface area (Å²) in [6.07, 6.45) is 1.73. The van der Waals surface area contributed by atoms with E-state index in [1.165, 1.54) is 0 Å². The van der Waals surface area contributed by atoms with Gasteiger partial charge in [0, 0.05) is 35.3 Å². The van der Waals surface area contributed by atoms with Gasteiger partial charge in [0.1, 0.15) is 0 Å². The number of rotatable bonds is 6. The molecule has 0 bridgehead atoms. The SMILES string of the molecule is C[C@@H](OC(=O)CCc1c[nH]c2ccccc12)C(=O)Nc1ccc2c(c1)OCO2. The number of carbonyl (C=O) groups excluding carboxylic acids is 2. The molecule has 1 aromatic heterocycles. The zero-order chi connectivity index (χ0) is 19.5. The largest absolute Gasteiger partial charge is 0.454 e. The third-order valence-electron chi connectivity index (χ3n) is 4.59. The molecule has 0 fully saturated rings. The third-order valence-corrected chi connectivity index (χ3v) is 4.59. The average Bonchev–Trinajstić information content (AvgIpc) is 3.32. The number of hydrogen-bond acceptors (Lipinski definition) is 5. The number of ether oxygens (including phenoxy) is 3. The molecule has 1 atom stereocenters. The molecule has 144 valence electrons. The van der Waals surface area contributed by atoms with Crippen molar-refractivity contribution in [3.05, 3.63) is 54.2 Å². The molecule has 0 radical (unpaired) electrons. The standard InChI is InChI=1S/C21H20N2O5/c1-13(21(25)23-15-7-8-18-19(10-15)27-12-26-18)28-20(24)9-6-14-11-22-17-5-3-2-4-16(14)17/h2-5,7-8,10-11,13,22H,6,9,12H2,1H3,(H,23,25)/t13-/m1/s1. The van der Waals surface area contributed by atoms with Crippen LogP contribution >= 0.6 is 0 Å². The molecule has 1 aliphatic heterocycles. The maximum atomic E-state index is 12.3. The molecule has 2 aromatic carbocycles. The number of para-hydroxylation sites is 1. The highest BCUT2D eigenvalue weighted by Gasteiger charge is 2.20. The molecular formula is C21H20N2O5. The molecule has 1 amide bonds. The van der Waals surface area contributed by atoms with Gasteiger partial charge in [0.15, 0.2) is 17.6 Å². The number of aromatic nitrogens is 1. The van der Waals surface area contributed by atoms with Gasteiger partial charge in [0.25, 0.3) is 5.91 Å². The number of aryl methyl sites for hydroxylation is 1. The molecule has 2 heterocycles. The molecule has 0 saturated heterocycles. The van der Waals surface area contributed by atoms with Gasteiger partial charge >= 0.3 is 5.97 Å². The van der Waals surface area contributed by atoms with Crippen LogP contribution in [-0.2, 0) is 20.7 Å².